The summed E-state index contributed by atoms with van der Waals surface area (Å²) >= 11 is 0. The standard InChI is InChI=1S/C18H14F2N6/c19-13-5-9(17(21)22)1-3-11(13)15-7-25-8-16(26-15)12-4-2-10(18(23)24)6-14(12)20/h1-8H,(H3,21,22)(H3,23,24). The number of benzene rings is 2. The van der Waals surface area contributed by atoms with Crippen molar-refractivity contribution in [2.45, 2.75) is 0 Å². The van der Waals surface area contributed by atoms with Gasteiger partial charge in [0.15, 0.2) is 0 Å². The number of nitrogen functional groups attached to an aromatic ring is 2. The maximum absolute atomic E-state index is 14.3. The Morgan fingerprint density at radius 1 is 0.769 bits per heavy atom. The minimum absolute atomic E-state index is 0.158. The van der Waals surface area contributed by atoms with E-state index in [0.29, 0.717) is 0 Å². The molecule has 0 amide bonds. The highest BCUT2D eigenvalue weighted by atomic mass is 19.1. The number of hydrogen-bond donors (Lipinski definition) is 4. The molecular formula is C18H14F2N6. The lowest BCUT2D eigenvalue weighted by molar-refractivity contribution is 0.629. The van der Waals surface area contributed by atoms with Gasteiger partial charge in [-0.1, -0.05) is 12.1 Å². The average Bonchev–Trinajstić information content (AvgIpc) is 2.61. The maximum Gasteiger partial charge on any atom is 0.133 e. The van der Waals surface area contributed by atoms with Crippen LogP contribution in [0.15, 0.2) is 48.8 Å². The Labute approximate surface area is 147 Å². The van der Waals surface area contributed by atoms with Crippen molar-refractivity contribution in [1.29, 1.82) is 10.8 Å². The number of halogens is 2. The largest absolute Gasteiger partial charge is 0.384 e. The Morgan fingerprint density at radius 3 is 1.54 bits per heavy atom. The van der Waals surface area contributed by atoms with Crippen LogP contribution in [-0.4, -0.2) is 21.6 Å². The van der Waals surface area contributed by atoms with Crippen LogP contribution in [0.4, 0.5) is 8.78 Å². The van der Waals surface area contributed by atoms with Crippen molar-refractivity contribution in [2.24, 2.45) is 11.5 Å². The van der Waals surface area contributed by atoms with Crippen molar-refractivity contribution in [2.75, 3.05) is 0 Å². The summed E-state index contributed by atoms with van der Waals surface area (Å²) in [5, 5.41) is 14.7. The van der Waals surface area contributed by atoms with Crippen molar-refractivity contribution in [3.63, 3.8) is 0 Å². The molecule has 2 aromatic carbocycles. The van der Waals surface area contributed by atoms with Crippen LogP contribution in [0.5, 0.6) is 0 Å². The molecule has 6 N–H and O–H groups in total. The number of amidine groups is 2. The second kappa shape index (κ2) is 6.67. The monoisotopic (exact) mass is 352 g/mol. The van der Waals surface area contributed by atoms with E-state index < -0.39 is 11.6 Å². The van der Waals surface area contributed by atoms with Gasteiger partial charge in [-0.25, -0.2) is 13.8 Å². The first-order chi connectivity index (χ1) is 12.4. The number of hydrogen-bond acceptors (Lipinski definition) is 4. The van der Waals surface area contributed by atoms with Gasteiger partial charge in [0.1, 0.15) is 23.3 Å². The van der Waals surface area contributed by atoms with Crippen LogP contribution in [0.1, 0.15) is 11.1 Å². The molecule has 130 valence electrons. The topological polar surface area (TPSA) is 126 Å². The number of nitrogens with two attached hydrogens (primary N) is 2. The van der Waals surface area contributed by atoms with E-state index >= 15 is 0 Å². The molecule has 0 saturated heterocycles. The highest BCUT2D eigenvalue weighted by Gasteiger charge is 2.13. The zero-order valence-electron chi connectivity index (χ0n) is 13.4. The van der Waals surface area contributed by atoms with Crippen molar-refractivity contribution >= 4 is 11.7 Å². The van der Waals surface area contributed by atoms with E-state index in [1.807, 2.05) is 0 Å². The van der Waals surface area contributed by atoms with Crippen LogP contribution in [-0.2, 0) is 0 Å². The van der Waals surface area contributed by atoms with E-state index in [1.54, 1.807) is 0 Å². The van der Waals surface area contributed by atoms with Crippen LogP contribution in [0, 0.1) is 22.5 Å². The molecule has 0 radical (unpaired) electrons. The molecule has 0 saturated carbocycles. The molecule has 0 fully saturated rings. The van der Waals surface area contributed by atoms with E-state index in [9.17, 15) is 8.78 Å². The third-order valence-corrected chi connectivity index (χ3v) is 3.75. The third kappa shape index (κ3) is 3.25. The SMILES string of the molecule is N=C(N)c1ccc(-c2cncc(-c3ccc(C(=N)N)cc3F)n2)c(F)c1. The number of aromatic nitrogens is 2. The molecule has 0 aliphatic carbocycles. The van der Waals surface area contributed by atoms with E-state index in [4.69, 9.17) is 22.3 Å². The van der Waals surface area contributed by atoms with Gasteiger partial charge < -0.3 is 11.5 Å². The highest BCUT2D eigenvalue weighted by Crippen LogP contribution is 2.26. The maximum atomic E-state index is 14.3. The molecule has 3 rings (SSSR count). The van der Waals surface area contributed by atoms with Gasteiger partial charge in [-0.3, -0.25) is 15.8 Å². The van der Waals surface area contributed by atoms with Crippen LogP contribution >= 0.6 is 0 Å². The Morgan fingerprint density at radius 2 is 1.19 bits per heavy atom. The Hall–Kier alpha value is -3.68. The molecular weight excluding hydrogens is 338 g/mol. The van der Waals surface area contributed by atoms with Gasteiger partial charge in [0, 0.05) is 22.3 Å². The Balaban J connectivity index is 2.04. The number of rotatable bonds is 4. The molecule has 8 heteroatoms. The molecule has 0 aliphatic heterocycles. The molecule has 1 heterocycles. The predicted molar refractivity (Wildman–Crippen MR) is 94.9 cm³/mol. The first-order valence-corrected chi connectivity index (χ1v) is 7.47. The van der Waals surface area contributed by atoms with E-state index in [0.717, 1.165) is 12.1 Å². The van der Waals surface area contributed by atoms with Gasteiger partial charge in [-0.15, -0.1) is 0 Å². The fraction of sp³-hybridized carbons (Fsp3) is 0. The molecule has 0 spiro atoms. The summed E-state index contributed by atoms with van der Waals surface area (Å²) in [7, 11) is 0. The number of nitrogens with one attached hydrogen (secondary N) is 2. The van der Waals surface area contributed by atoms with Crippen molar-refractivity contribution < 1.29 is 8.78 Å². The van der Waals surface area contributed by atoms with Crippen molar-refractivity contribution in [3.8, 4) is 22.5 Å². The zero-order valence-corrected chi connectivity index (χ0v) is 13.4. The summed E-state index contributed by atoms with van der Waals surface area (Å²) in [5.41, 5.74) is 11.9. The first-order valence-electron chi connectivity index (χ1n) is 7.47. The molecule has 6 nitrogen and oxygen atoms in total. The Bertz CT molecular complexity index is 953. The first kappa shape index (κ1) is 17.2. The molecule has 0 bridgehead atoms. The second-order valence-corrected chi connectivity index (χ2v) is 5.51. The number of nitrogens with zero attached hydrogens (tertiary/aromatic N) is 2. The van der Waals surface area contributed by atoms with Crippen molar-refractivity contribution in [3.05, 3.63) is 71.6 Å². The second-order valence-electron chi connectivity index (χ2n) is 5.51. The quantitative estimate of drug-likeness (QED) is 0.425. The lowest BCUT2D eigenvalue weighted by Gasteiger charge is -2.08. The van der Waals surface area contributed by atoms with Gasteiger partial charge in [0.05, 0.1) is 23.8 Å². The van der Waals surface area contributed by atoms with Crippen LogP contribution in [0.25, 0.3) is 22.5 Å². The molecule has 0 aliphatic rings. The molecule has 0 atom stereocenters. The average molecular weight is 352 g/mol. The summed E-state index contributed by atoms with van der Waals surface area (Å²) in [5.74, 6) is -1.72. The van der Waals surface area contributed by atoms with Gasteiger partial charge >= 0.3 is 0 Å². The van der Waals surface area contributed by atoms with E-state index in [1.165, 1.54) is 36.7 Å². The fourth-order valence-corrected chi connectivity index (χ4v) is 2.41. The van der Waals surface area contributed by atoms with Crippen LogP contribution in [0.2, 0.25) is 0 Å². The molecule has 3 aromatic rings. The van der Waals surface area contributed by atoms with Gasteiger partial charge in [0.2, 0.25) is 0 Å². The molecule has 0 unspecified atom stereocenters. The van der Waals surface area contributed by atoms with E-state index in [2.05, 4.69) is 9.97 Å². The van der Waals surface area contributed by atoms with E-state index in [-0.39, 0.29) is 45.3 Å². The lowest BCUT2D eigenvalue weighted by Crippen LogP contribution is -2.11. The minimum atomic E-state index is -0.614. The summed E-state index contributed by atoms with van der Waals surface area (Å²) in [6.45, 7) is 0. The summed E-state index contributed by atoms with van der Waals surface area (Å²) in [6.07, 6.45) is 2.72. The van der Waals surface area contributed by atoms with Crippen LogP contribution < -0.4 is 11.5 Å². The predicted octanol–water partition coefficient (Wildman–Crippen LogP) is 2.66. The normalized spacial score (nSPS) is 10.5. The fourth-order valence-electron chi connectivity index (χ4n) is 2.41. The van der Waals surface area contributed by atoms with Gasteiger partial charge in [-0.05, 0) is 24.3 Å². The summed E-state index contributed by atoms with van der Waals surface area (Å²) in [4.78, 5) is 8.28. The van der Waals surface area contributed by atoms with Gasteiger partial charge in [-0.2, -0.15) is 0 Å². The van der Waals surface area contributed by atoms with Crippen LogP contribution in [0.3, 0.4) is 0 Å². The molecule has 26 heavy (non-hydrogen) atoms. The minimum Gasteiger partial charge on any atom is -0.384 e. The molecule has 1 aromatic heterocycles. The third-order valence-electron chi connectivity index (χ3n) is 3.75. The summed E-state index contributed by atoms with van der Waals surface area (Å²) < 4.78 is 28.6. The smallest absolute Gasteiger partial charge is 0.133 e. The Kier molecular flexibility index (Phi) is 4.40. The van der Waals surface area contributed by atoms with Crippen molar-refractivity contribution in [1.82, 2.24) is 9.97 Å². The van der Waals surface area contributed by atoms with Gasteiger partial charge in [0.25, 0.3) is 0 Å². The lowest BCUT2D eigenvalue weighted by atomic mass is 10.1. The summed E-state index contributed by atoms with van der Waals surface area (Å²) in [6, 6.07) is 8.14. The highest BCUT2D eigenvalue weighted by molar-refractivity contribution is 5.96. The zero-order chi connectivity index (χ0) is 18.8.